The molecule has 5 rings (SSSR count). The van der Waals surface area contributed by atoms with E-state index in [0.29, 0.717) is 48.8 Å². The van der Waals surface area contributed by atoms with Gasteiger partial charge in [0.25, 0.3) is 0 Å². The topological polar surface area (TPSA) is 107 Å². The normalized spacial score (nSPS) is 17.2. The van der Waals surface area contributed by atoms with Crippen molar-refractivity contribution in [1.82, 2.24) is 25.1 Å². The zero-order chi connectivity index (χ0) is 26.9. The van der Waals surface area contributed by atoms with E-state index in [9.17, 15) is 27.5 Å². The number of anilines is 1. The third-order valence-corrected chi connectivity index (χ3v) is 7.33. The number of aromatic amines is 1. The summed E-state index contributed by atoms with van der Waals surface area (Å²) in [5.41, 5.74) is 0.643. The van der Waals surface area contributed by atoms with Crippen LogP contribution in [0, 0.1) is 5.82 Å². The van der Waals surface area contributed by atoms with Crippen LogP contribution in [0.5, 0.6) is 0 Å². The van der Waals surface area contributed by atoms with Gasteiger partial charge < -0.3 is 15.3 Å². The molecule has 8 nitrogen and oxygen atoms in total. The van der Waals surface area contributed by atoms with Crippen molar-refractivity contribution in [1.29, 1.82) is 0 Å². The molecule has 0 radical (unpaired) electrons. The first-order valence-corrected chi connectivity index (χ1v) is 12.7. The van der Waals surface area contributed by atoms with Crippen molar-refractivity contribution in [2.75, 3.05) is 25.0 Å². The summed E-state index contributed by atoms with van der Waals surface area (Å²) < 4.78 is 54.5. The van der Waals surface area contributed by atoms with Gasteiger partial charge in [-0.3, -0.25) is 9.89 Å². The monoisotopic (exact) mass is 532 g/mol. The molecule has 0 bridgehead atoms. The third kappa shape index (κ3) is 5.35. The molecule has 3 N–H and O–H groups in total. The van der Waals surface area contributed by atoms with Gasteiger partial charge in [0.05, 0.1) is 11.3 Å². The van der Waals surface area contributed by atoms with E-state index in [1.165, 1.54) is 6.07 Å². The molecule has 12 heteroatoms. The Morgan fingerprint density at radius 1 is 1.13 bits per heavy atom. The maximum Gasteiger partial charge on any atom is 0.419 e. The number of hydrogen-bond donors (Lipinski definition) is 3. The quantitative estimate of drug-likeness (QED) is 0.396. The minimum Gasteiger partial charge on any atom is -0.387 e. The standard InChI is InChI=1S/C26H28F4N6O2/c27-19-6-5-16(13-18(19)26(28,29)30)24-22(20-7-10-31-25(33-20)32-17-3-1-2-4-17)23(34-35-24)15-8-11-36(12-9-15)21(38)14-37/h5-7,10,13,15,17,37H,1-4,8-9,11-12,14H2,(H,34,35)(H,31,32,33). The van der Waals surface area contributed by atoms with Crippen LogP contribution in [0.25, 0.3) is 22.5 Å². The smallest absolute Gasteiger partial charge is 0.387 e. The minimum atomic E-state index is -4.86. The largest absolute Gasteiger partial charge is 0.419 e. The lowest BCUT2D eigenvalue weighted by molar-refractivity contribution is -0.140. The number of alkyl halides is 3. The Morgan fingerprint density at radius 3 is 2.55 bits per heavy atom. The predicted octanol–water partition coefficient (Wildman–Crippen LogP) is 4.74. The molecule has 3 heterocycles. The zero-order valence-electron chi connectivity index (χ0n) is 20.6. The number of benzene rings is 1. The number of nitrogens with zero attached hydrogens (tertiary/aromatic N) is 4. The highest BCUT2D eigenvalue weighted by molar-refractivity contribution is 5.82. The number of nitrogens with one attached hydrogen (secondary N) is 2. The Morgan fingerprint density at radius 2 is 1.87 bits per heavy atom. The molecule has 1 aromatic carbocycles. The molecular formula is C26H28F4N6O2. The van der Waals surface area contributed by atoms with Gasteiger partial charge in [-0.05, 0) is 49.9 Å². The number of likely N-dealkylation sites (tertiary alicyclic amines) is 1. The highest BCUT2D eigenvalue weighted by atomic mass is 19.4. The molecule has 1 aliphatic heterocycles. The summed E-state index contributed by atoms with van der Waals surface area (Å²) >= 11 is 0. The van der Waals surface area contributed by atoms with Crippen LogP contribution < -0.4 is 5.32 Å². The molecule has 0 atom stereocenters. The lowest BCUT2D eigenvalue weighted by Crippen LogP contribution is -2.39. The molecular weight excluding hydrogens is 504 g/mol. The van der Waals surface area contributed by atoms with E-state index in [1.807, 2.05) is 0 Å². The van der Waals surface area contributed by atoms with Crippen molar-refractivity contribution < 1.29 is 27.5 Å². The fraction of sp³-hybridized carbons (Fsp3) is 0.462. The van der Waals surface area contributed by atoms with E-state index in [1.54, 1.807) is 17.2 Å². The number of carbonyl (C=O) groups is 1. The maximum absolute atomic E-state index is 14.1. The zero-order valence-corrected chi connectivity index (χ0v) is 20.6. The van der Waals surface area contributed by atoms with E-state index in [-0.39, 0.29) is 29.1 Å². The molecule has 0 spiro atoms. The number of H-pyrrole nitrogens is 1. The van der Waals surface area contributed by atoms with Crippen LogP contribution in [-0.4, -0.2) is 61.8 Å². The summed E-state index contributed by atoms with van der Waals surface area (Å²) in [4.78, 5) is 22.5. The number of hydrogen-bond acceptors (Lipinski definition) is 6. The number of carbonyl (C=O) groups excluding carboxylic acids is 1. The fourth-order valence-corrected chi connectivity index (χ4v) is 5.35. The van der Waals surface area contributed by atoms with E-state index < -0.39 is 24.2 Å². The van der Waals surface area contributed by atoms with Gasteiger partial charge in [0.1, 0.15) is 18.1 Å². The van der Waals surface area contributed by atoms with Gasteiger partial charge >= 0.3 is 6.18 Å². The van der Waals surface area contributed by atoms with Crippen LogP contribution in [-0.2, 0) is 11.0 Å². The molecule has 2 aromatic heterocycles. The molecule has 1 saturated heterocycles. The predicted molar refractivity (Wildman–Crippen MR) is 132 cm³/mol. The SMILES string of the molecule is O=C(CO)N1CCC(c2[nH]nc(-c3ccc(F)c(C(F)(F)F)c3)c2-c2ccnc(NC3CCCC3)n2)CC1. The Hall–Kier alpha value is -3.54. The van der Waals surface area contributed by atoms with E-state index in [4.69, 9.17) is 0 Å². The molecule has 38 heavy (non-hydrogen) atoms. The lowest BCUT2D eigenvalue weighted by Gasteiger charge is -2.31. The van der Waals surface area contributed by atoms with Gasteiger partial charge in [-0.2, -0.15) is 18.3 Å². The molecule has 202 valence electrons. The summed E-state index contributed by atoms with van der Waals surface area (Å²) in [6, 6.07) is 4.77. The number of aliphatic hydroxyl groups is 1. The van der Waals surface area contributed by atoms with E-state index >= 15 is 0 Å². The van der Waals surface area contributed by atoms with E-state index in [0.717, 1.165) is 37.8 Å². The number of amides is 1. The maximum atomic E-state index is 14.1. The number of aliphatic hydroxyl groups excluding tert-OH is 1. The number of aromatic nitrogens is 4. The Balaban J connectivity index is 1.55. The minimum absolute atomic E-state index is 0.0854. The van der Waals surface area contributed by atoms with Crippen molar-refractivity contribution in [3.05, 3.63) is 47.5 Å². The van der Waals surface area contributed by atoms with Crippen LogP contribution in [0.15, 0.2) is 30.5 Å². The van der Waals surface area contributed by atoms with Gasteiger partial charge in [-0.25, -0.2) is 14.4 Å². The molecule has 1 amide bonds. The molecule has 2 fully saturated rings. The number of piperidine rings is 1. The van der Waals surface area contributed by atoms with Gasteiger partial charge in [0, 0.05) is 48.1 Å². The second kappa shape index (κ2) is 10.7. The fourth-order valence-electron chi connectivity index (χ4n) is 5.35. The van der Waals surface area contributed by atoms with Crippen LogP contribution in [0.1, 0.15) is 55.7 Å². The lowest BCUT2D eigenvalue weighted by atomic mass is 9.88. The van der Waals surface area contributed by atoms with E-state index in [2.05, 4.69) is 25.5 Å². The van der Waals surface area contributed by atoms with Crippen molar-refractivity contribution >= 4 is 11.9 Å². The third-order valence-electron chi connectivity index (χ3n) is 7.33. The highest BCUT2D eigenvalue weighted by Gasteiger charge is 2.35. The van der Waals surface area contributed by atoms with Crippen LogP contribution in [0.3, 0.4) is 0 Å². The van der Waals surface area contributed by atoms with Crippen molar-refractivity contribution in [2.45, 2.75) is 56.7 Å². The highest BCUT2D eigenvalue weighted by Crippen LogP contribution is 2.41. The molecule has 3 aromatic rings. The molecule has 1 aliphatic carbocycles. The van der Waals surface area contributed by atoms with Gasteiger partial charge in [0.15, 0.2) is 0 Å². The molecule has 0 unspecified atom stereocenters. The Bertz CT molecular complexity index is 1300. The summed E-state index contributed by atoms with van der Waals surface area (Å²) in [6.45, 7) is 0.281. The second-order valence-corrected chi connectivity index (χ2v) is 9.76. The average Bonchev–Trinajstić information content (AvgIpc) is 3.58. The van der Waals surface area contributed by atoms with Gasteiger partial charge in [-0.1, -0.05) is 12.8 Å². The summed E-state index contributed by atoms with van der Waals surface area (Å²) in [5.74, 6) is -1.37. The van der Waals surface area contributed by atoms with Crippen molar-refractivity contribution in [2.24, 2.45) is 0 Å². The van der Waals surface area contributed by atoms with Crippen LogP contribution in [0.4, 0.5) is 23.5 Å². The average molecular weight is 533 g/mol. The first-order chi connectivity index (χ1) is 18.2. The summed E-state index contributed by atoms with van der Waals surface area (Å²) in [7, 11) is 0. The Labute approximate surface area is 216 Å². The van der Waals surface area contributed by atoms with Crippen LogP contribution in [0.2, 0.25) is 0 Å². The molecule has 2 aliphatic rings. The van der Waals surface area contributed by atoms with Crippen molar-refractivity contribution in [3.8, 4) is 22.5 Å². The Kier molecular flexibility index (Phi) is 7.33. The summed E-state index contributed by atoms with van der Waals surface area (Å²) in [6.07, 6.45) is 2.13. The number of halogens is 4. The molecule has 1 saturated carbocycles. The summed E-state index contributed by atoms with van der Waals surface area (Å²) in [5, 5.41) is 19.9. The second-order valence-electron chi connectivity index (χ2n) is 9.76. The van der Waals surface area contributed by atoms with Crippen LogP contribution >= 0.6 is 0 Å². The first kappa shape index (κ1) is 26.1. The van der Waals surface area contributed by atoms with Gasteiger partial charge in [0.2, 0.25) is 11.9 Å². The van der Waals surface area contributed by atoms with Gasteiger partial charge in [-0.15, -0.1) is 0 Å². The number of rotatable bonds is 6. The van der Waals surface area contributed by atoms with Crippen molar-refractivity contribution in [3.63, 3.8) is 0 Å². The first-order valence-electron chi connectivity index (χ1n) is 12.7.